The second kappa shape index (κ2) is 6.63. The molecule has 1 fully saturated rings. The Hall–Kier alpha value is -1.72. The van der Waals surface area contributed by atoms with Gasteiger partial charge in [-0.2, -0.15) is 0 Å². The minimum atomic E-state index is 0. The smallest absolute Gasteiger partial charge is 0.226 e. The van der Waals surface area contributed by atoms with E-state index in [1.54, 1.807) is 6.20 Å². The van der Waals surface area contributed by atoms with E-state index in [9.17, 15) is 0 Å². The predicted octanol–water partition coefficient (Wildman–Crippen LogP) is 2.02. The van der Waals surface area contributed by atoms with Gasteiger partial charge in [0.15, 0.2) is 0 Å². The fraction of sp³-hybridized carbons (Fsp3) is 0.357. The van der Waals surface area contributed by atoms with Gasteiger partial charge >= 0.3 is 0 Å². The third-order valence-electron chi connectivity index (χ3n) is 3.29. The molecule has 1 aliphatic heterocycles. The molecule has 2 N–H and O–H groups in total. The van der Waals surface area contributed by atoms with Gasteiger partial charge in [-0.1, -0.05) is 6.07 Å². The van der Waals surface area contributed by atoms with Gasteiger partial charge in [-0.05, 0) is 31.0 Å². The minimum Gasteiger partial charge on any atom is -0.341 e. The third-order valence-corrected chi connectivity index (χ3v) is 3.29. The maximum absolute atomic E-state index is 5.74. The first-order valence-electron chi connectivity index (χ1n) is 6.61. The van der Waals surface area contributed by atoms with Crippen LogP contribution in [0.25, 0.3) is 11.4 Å². The lowest BCUT2D eigenvalue weighted by Crippen LogP contribution is -2.21. The molecule has 20 heavy (non-hydrogen) atoms. The van der Waals surface area contributed by atoms with Crippen molar-refractivity contribution in [3.8, 4) is 11.4 Å². The maximum Gasteiger partial charge on any atom is 0.226 e. The topological polar surface area (TPSA) is 67.9 Å². The number of halogens is 1. The van der Waals surface area contributed by atoms with Crippen molar-refractivity contribution in [3.05, 3.63) is 36.2 Å². The Kier molecular flexibility index (Phi) is 4.87. The predicted molar refractivity (Wildman–Crippen MR) is 81.8 cm³/mol. The van der Waals surface area contributed by atoms with E-state index in [0.717, 1.165) is 36.1 Å². The molecule has 0 spiro atoms. The largest absolute Gasteiger partial charge is 0.341 e. The summed E-state index contributed by atoms with van der Waals surface area (Å²) in [5.41, 5.74) is 8.30. The first-order chi connectivity index (χ1) is 9.36. The van der Waals surface area contributed by atoms with Gasteiger partial charge < -0.3 is 10.6 Å². The van der Waals surface area contributed by atoms with Crippen molar-refractivity contribution in [2.24, 2.45) is 5.73 Å². The van der Waals surface area contributed by atoms with Crippen molar-refractivity contribution in [2.45, 2.75) is 19.4 Å². The number of hydrogen-bond donors (Lipinski definition) is 1. The molecule has 3 heterocycles. The maximum atomic E-state index is 5.74. The number of rotatable bonds is 3. The van der Waals surface area contributed by atoms with Gasteiger partial charge in [0.1, 0.15) is 0 Å². The first-order valence-corrected chi connectivity index (χ1v) is 6.61. The molecule has 1 saturated heterocycles. The zero-order chi connectivity index (χ0) is 13.1. The Morgan fingerprint density at radius 2 is 1.90 bits per heavy atom. The van der Waals surface area contributed by atoms with Crippen LogP contribution in [0, 0.1) is 0 Å². The normalized spacial score (nSPS) is 14.2. The number of anilines is 1. The molecule has 0 aromatic carbocycles. The average molecular weight is 292 g/mol. The van der Waals surface area contributed by atoms with E-state index in [1.165, 1.54) is 12.8 Å². The molecule has 106 valence electrons. The molecule has 0 atom stereocenters. The van der Waals surface area contributed by atoms with Crippen LogP contribution in [-0.2, 0) is 6.54 Å². The molecule has 5 nitrogen and oxygen atoms in total. The Balaban J connectivity index is 0.00000147. The van der Waals surface area contributed by atoms with E-state index in [1.807, 2.05) is 24.3 Å². The molecule has 3 rings (SSSR count). The molecule has 2 aromatic heterocycles. The van der Waals surface area contributed by atoms with Crippen LogP contribution in [-0.4, -0.2) is 28.0 Å². The van der Waals surface area contributed by atoms with Gasteiger partial charge in [0.05, 0.1) is 17.1 Å². The molecule has 6 heteroatoms. The lowest BCUT2D eigenvalue weighted by Gasteiger charge is -2.16. The summed E-state index contributed by atoms with van der Waals surface area (Å²) in [6, 6.07) is 7.73. The molecular formula is C14H18ClN5. The molecule has 0 amide bonds. The Bertz CT molecular complexity index is 555. The van der Waals surface area contributed by atoms with Crippen LogP contribution in [0.1, 0.15) is 18.5 Å². The zero-order valence-electron chi connectivity index (χ0n) is 11.2. The first kappa shape index (κ1) is 14.7. The number of nitrogens with two attached hydrogens (primary N) is 1. The van der Waals surface area contributed by atoms with E-state index in [4.69, 9.17) is 5.73 Å². The summed E-state index contributed by atoms with van der Waals surface area (Å²) in [7, 11) is 0. The van der Waals surface area contributed by atoms with E-state index in [-0.39, 0.29) is 12.4 Å². The zero-order valence-corrected chi connectivity index (χ0v) is 12.0. The van der Waals surface area contributed by atoms with Crippen molar-refractivity contribution in [1.29, 1.82) is 0 Å². The Morgan fingerprint density at radius 3 is 2.55 bits per heavy atom. The van der Waals surface area contributed by atoms with Crippen molar-refractivity contribution in [2.75, 3.05) is 18.0 Å². The fourth-order valence-corrected chi connectivity index (χ4v) is 2.29. The van der Waals surface area contributed by atoms with Gasteiger partial charge in [0, 0.05) is 25.8 Å². The molecule has 2 aromatic rings. The molecule has 0 radical (unpaired) electrons. The average Bonchev–Trinajstić information content (AvgIpc) is 3.02. The summed E-state index contributed by atoms with van der Waals surface area (Å²) in [5, 5.41) is 0. The Labute approximate surface area is 124 Å². The van der Waals surface area contributed by atoms with Crippen LogP contribution in [0.15, 0.2) is 30.5 Å². The molecule has 0 bridgehead atoms. The van der Waals surface area contributed by atoms with Gasteiger partial charge in [0.2, 0.25) is 5.95 Å². The number of hydrogen-bond acceptors (Lipinski definition) is 5. The fourth-order valence-electron chi connectivity index (χ4n) is 2.29. The number of aromatic nitrogens is 3. The second-order valence-electron chi connectivity index (χ2n) is 4.66. The van der Waals surface area contributed by atoms with E-state index in [0.29, 0.717) is 6.54 Å². The molecule has 1 aliphatic rings. The van der Waals surface area contributed by atoms with Gasteiger partial charge in [0.25, 0.3) is 0 Å². The van der Waals surface area contributed by atoms with Crippen LogP contribution in [0.3, 0.4) is 0 Å². The standard InChI is InChI=1S/C14H17N5.ClH/c15-10-11-9-13(12-5-1-2-6-16-12)18-14(17-11)19-7-3-4-8-19;/h1-2,5-6,9H,3-4,7-8,10,15H2;1H. The quantitative estimate of drug-likeness (QED) is 0.937. The summed E-state index contributed by atoms with van der Waals surface area (Å²) >= 11 is 0. The highest BCUT2D eigenvalue weighted by Gasteiger charge is 2.17. The van der Waals surface area contributed by atoms with Gasteiger partial charge in [-0.3, -0.25) is 4.98 Å². The highest BCUT2D eigenvalue weighted by Crippen LogP contribution is 2.21. The second-order valence-corrected chi connectivity index (χ2v) is 4.66. The highest BCUT2D eigenvalue weighted by atomic mass is 35.5. The molecule has 0 unspecified atom stereocenters. The van der Waals surface area contributed by atoms with Crippen LogP contribution in [0.5, 0.6) is 0 Å². The monoisotopic (exact) mass is 291 g/mol. The molecule has 0 saturated carbocycles. The van der Waals surface area contributed by atoms with Crippen LogP contribution in [0.2, 0.25) is 0 Å². The summed E-state index contributed by atoms with van der Waals surface area (Å²) in [6.45, 7) is 2.47. The Morgan fingerprint density at radius 1 is 1.10 bits per heavy atom. The third kappa shape index (κ3) is 3.05. The van der Waals surface area contributed by atoms with Crippen molar-refractivity contribution in [1.82, 2.24) is 15.0 Å². The SMILES string of the molecule is Cl.NCc1cc(-c2ccccn2)nc(N2CCCC2)n1. The lowest BCUT2D eigenvalue weighted by atomic mass is 10.2. The summed E-state index contributed by atoms with van der Waals surface area (Å²) < 4.78 is 0. The molecule has 0 aliphatic carbocycles. The van der Waals surface area contributed by atoms with E-state index < -0.39 is 0 Å². The van der Waals surface area contributed by atoms with Crippen LogP contribution >= 0.6 is 12.4 Å². The van der Waals surface area contributed by atoms with Crippen molar-refractivity contribution >= 4 is 18.4 Å². The highest BCUT2D eigenvalue weighted by molar-refractivity contribution is 5.85. The van der Waals surface area contributed by atoms with Crippen LogP contribution in [0.4, 0.5) is 5.95 Å². The van der Waals surface area contributed by atoms with Gasteiger partial charge in [-0.25, -0.2) is 9.97 Å². The van der Waals surface area contributed by atoms with E-state index >= 15 is 0 Å². The molecular weight excluding hydrogens is 274 g/mol. The van der Waals surface area contributed by atoms with Crippen LogP contribution < -0.4 is 10.6 Å². The van der Waals surface area contributed by atoms with Crippen molar-refractivity contribution < 1.29 is 0 Å². The van der Waals surface area contributed by atoms with Crippen molar-refractivity contribution in [3.63, 3.8) is 0 Å². The minimum absolute atomic E-state index is 0. The summed E-state index contributed by atoms with van der Waals surface area (Å²) in [4.78, 5) is 15.7. The lowest BCUT2D eigenvalue weighted by molar-refractivity contribution is 0.869. The summed E-state index contributed by atoms with van der Waals surface area (Å²) in [5.74, 6) is 0.779. The van der Waals surface area contributed by atoms with E-state index in [2.05, 4.69) is 19.9 Å². The number of pyridine rings is 1. The number of nitrogens with zero attached hydrogens (tertiary/aromatic N) is 4. The summed E-state index contributed by atoms with van der Waals surface area (Å²) in [6.07, 6.45) is 4.18. The van der Waals surface area contributed by atoms with Gasteiger partial charge in [-0.15, -0.1) is 12.4 Å².